The van der Waals surface area contributed by atoms with Crippen LogP contribution in [0.25, 0.3) is 0 Å². The van der Waals surface area contributed by atoms with E-state index in [0.29, 0.717) is 12.3 Å². The Morgan fingerprint density at radius 2 is 2.25 bits per heavy atom. The molecule has 0 aliphatic rings. The number of ether oxygens (including phenoxy) is 1. The smallest absolute Gasteiger partial charge is 0.305 e. The summed E-state index contributed by atoms with van der Waals surface area (Å²) in [6.45, 7) is 0.791. The van der Waals surface area contributed by atoms with Crippen LogP contribution in [-0.4, -0.2) is 18.4 Å². The van der Waals surface area contributed by atoms with E-state index in [1.165, 1.54) is 7.11 Å². The fourth-order valence-corrected chi connectivity index (χ4v) is 1.40. The molecule has 0 saturated heterocycles. The number of hydrogen-bond acceptors (Lipinski definition) is 5. The maximum Gasteiger partial charge on any atom is 0.305 e. The number of rotatable bonds is 7. The Morgan fingerprint density at radius 3 is 2.88 bits per heavy atom. The number of aryl methyl sites for hydroxylation is 1. The normalized spacial score (nSPS) is 10.3. The van der Waals surface area contributed by atoms with E-state index in [9.17, 15) is 4.79 Å². The lowest BCUT2D eigenvalue weighted by molar-refractivity contribution is -0.762. The third-order valence-electron chi connectivity index (χ3n) is 2.27. The van der Waals surface area contributed by atoms with Crippen LogP contribution in [-0.2, 0) is 16.1 Å². The Bertz CT molecular complexity index is 325. The van der Waals surface area contributed by atoms with Crippen LogP contribution >= 0.6 is 0 Å². The van der Waals surface area contributed by atoms with Gasteiger partial charge >= 0.3 is 5.97 Å². The summed E-state index contributed by atoms with van der Waals surface area (Å²) in [7, 11) is 1.41. The van der Waals surface area contributed by atoms with Crippen LogP contribution in [0.15, 0.2) is 10.7 Å². The minimum atomic E-state index is -0.140. The number of esters is 1. The van der Waals surface area contributed by atoms with Gasteiger partial charge in [0.15, 0.2) is 6.54 Å². The number of nitrogens with two attached hydrogens (primary N) is 1. The zero-order valence-electron chi connectivity index (χ0n) is 9.52. The molecule has 0 unspecified atom stereocenters. The van der Waals surface area contributed by atoms with Gasteiger partial charge in [-0.05, 0) is 12.8 Å². The largest absolute Gasteiger partial charge is 0.469 e. The van der Waals surface area contributed by atoms with E-state index >= 15 is 0 Å². The summed E-state index contributed by atoms with van der Waals surface area (Å²) in [5, 5.41) is 3.72. The van der Waals surface area contributed by atoms with Crippen molar-refractivity contribution in [3.05, 3.63) is 6.20 Å². The molecule has 0 bridgehead atoms. The van der Waals surface area contributed by atoms with E-state index in [2.05, 4.69) is 10.0 Å². The number of anilines is 1. The van der Waals surface area contributed by atoms with Crippen molar-refractivity contribution in [2.24, 2.45) is 0 Å². The molecule has 1 aromatic heterocycles. The highest BCUT2D eigenvalue weighted by Gasteiger charge is 2.07. The van der Waals surface area contributed by atoms with E-state index in [4.69, 9.17) is 10.3 Å². The van der Waals surface area contributed by atoms with Gasteiger partial charge in [0.05, 0.1) is 7.11 Å². The summed E-state index contributed by atoms with van der Waals surface area (Å²) in [5.41, 5.74) is 5.38. The Morgan fingerprint density at radius 1 is 1.50 bits per heavy atom. The fourth-order valence-electron chi connectivity index (χ4n) is 1.40. The van der Waals surface area contributed by atoms with Crippen LogP contribution in [0.2, 0.25) is 0 Å². The van der Waals surface area contributed by atoms with Gasteiger partial charge in [0.25, 0.3) is 12.1 Å². The Kier molecular flexibility index (Phi) is 5.31. The standard InChI is InChI=1S/C10H18N3O3/c1-15-10(14)6-4-2-3-5-7-13-8-9(11)16-12-13/h8H,2-7,11H2,1H3/q+1. The molecular formula is C10H18N3O3+. The molecule has 0 amide bonds. The number of hydrogen-bond donors (Lipinski definition) is 1. The van der Waals surface area contributed by atoms with Gasteiger partial charge < -0.3 is 10.5 Å². The van der Waals surface area contributed by atoms with Crippen molar-refractivity contribution in [2.45, 2.75) is 38.6 Å². The van der Waals surface area contributed by atoms with E-state index in [-0.39, 0.29) is 5.97 Å². The highest BCUT2D eigenvalue weighted by molar-refractivity contribution is 5.68. The third-order valence-corrected chi connectivity index (χ3v) is 2.27. The van der Waals surface area contributed by atoms with Gasteiger partial charge in [-0.1, -0.05) is 11.1 Å². The first kappa shape index (κ1) is 12.5. The number of aromatic nitrogens is 2. The highest BCUT2D eigenvalue weighted by atomic mass is 16.5. The molecule has 0 atom stereocenters. The second-order valence-electron chi connectivity index (χ2n) is 3.61. The Labute approximate surface area is 94.3 Å². The quantitative estimate of drug-likeness (QED) is 0.421. The number of nitrogen functional groups attached to an aromatic ring is 1. The summed E-state index contributed by atoms with van der Waals surface area (Å²) in [6.07, 6.45) is 6.10. The van der Waals surface area contributed by atoms with E-state index in [0.717, 1.165) is 32.2 Å². The molecule has 0 aromatic carbocycles. The molecule has 1 heterocycles. The van der Waals surface area contributed by atoms with E-state index < -0.39 is 0 Å². The fraction of sp³-hybridized carbons (Fsp3) is 0.700. The number of unbranched alkanes of at least 4 members (excludes halogenated alkanes) is 3. The molecule has 2 N–H and O–H groups in total. The van der Waals surface area contributed by atoms with Crippen LogP contribution in [0.5, 0.6) is 0 Å². The molecule has 16 heavy (non-hydrogen) atoms. The lowest BCUT2D eigenvalue weighted by Crippen LogP contribution is -2.34. The minimum Gasteiger partial charge on any atom is -0.469 e. The van der Waals surface area contributed by atoms with Crippen LogP contribution in [0, 0.1) is 0 Å². The second-order valence-corrected chi connectivity index (χ2v) is 3.61. The summed E-state index contributed by atoms with van der Waals surface area (Å²) >= 11 is 0. The van der Waals surface area contributed by atoms with Crippen molar-refractivity contribution < 1.29 is 18.7 Å². The van der Waals surface area contributed by atoms with Crippen molar-refractivity contribution in [2.75, 3.05) is 12.8 Å². The first-order valence-electron chi connectivity index (χ1n) is 5.41. The summed E-state index contributed by atoms with van der Waals surface area (Å²) in [6, 6.07) is 0. The summed E-state index contributed by atoms with van der Waals surface area (Å²) in [5.74, 6) is 0.185. The molecular weight excluding hydrogens is 210 g/mol. The van der Waals surface area contributed by atoms with Crippen LogP contribution in [0.4, 0.5) is 5.88 Å². The molecule has 0 aliphatic carbocycles. The Hall–Kier alpha value is -1.59. The third kappa shape index (κ3) is 4.77. The average Bonchev–Trinajstić information content (AvgIpc) is 2.69. The van der Waals surface area contributed by atoms with Crippen molar-refractivity contribution in [3.8, 4) is 0 Å². The number of nitrogens with zero attached hydrogens (tertiary/aromatic N) is 2. The summed E-state index contributed by atoms with van der Waals surface area (Å²) < 4.78 is 10.9. The lowest BCUT2D eigenvalue weighted by Gasteiger charge is -1.98. The van der Waals surface area contributed by atoms with Gasteiger partial charge in [0.1, 0.15) is 0 Å². The monoisotopic (exact) mass is 228 g/mol. The molecule has 6 nitrogen and oxygen atoms in total. The predicted molar refractivity (Wildman–Crippen MR) is 56.2 cm³/mol. The Balaban J connectivity index is 1.98. The van der Waals surface area contributed by atoms with Gasteiger partial charge in [-0.15, -0.1) is 0 Å². The maximum absolute atomic E-state index is 10.8. The van der Waals surface area contributed by atoms with E-state index in [1.807, 2.05) is 0 Å². The molecule has 0 radical (unpaired) electrons. The first-order chi connectivity index (χ1) is 7.72. The number of methoxy groups -OCH3 is 1. The lowest BCUT2D eigenvalue weighted by atomic mass is 10.1. The molecule has 0 fully saturated rings. The highest BCUT2D eigenvalue weighted by Crippen LogP contribution is 2.03. The number of carbonyl (C=O) groups is 1. The van der Waals surface area contributed by atoms with Crippen LogP contribution in [0.3, 0.4) is 0 Å². The van der Waals surface area contributed by atoms with Gasteiger partial charge in [0.2, 0.25) is 5.27 Å². The molecule has 0 spiro atoms. The SMILES string of the molecule is COC(=O)CCCCCC[n+]1cc(N)on1. The van der Waals surface area contributed by atoms with Crippen LogP contribution in [0.1, 0.15) is 32.1 Å². The molecule has 1 rings (SSSR count). The number of carbonyl (C=O) groups excluding carboxylic acids is 1. The second kappa shape index (κ2) is 6.81. The van der Waals surface area contributed by atoms with Gasteiger partial charge in [-0.2, -0.15) is 0 Å². The molecule has 90 valence electrons. The maximum atomic E-state index is 10.8. The van der Waals surface area contributed by atoms with Crippen LogP contribution < -0.4 is 10.4 Å². The van der Waals surface area contributed by atoms with Crippen molar-refractivity contribution >= 4 is 11.9 Å². The van der Waals surface area contributed by atoms with Crippen molar-refractivity contribution in [1.82, 2.24) is 5.27 Å². The molecule has 0 saturated carbocycles. The average molecular weight is 228 g/mol. The van der Waals surface area contributed by atoms with Gasteiger partial charge in [-0.3, -0.25) is 9.32 Å². The molecule has 0 aliphatic heterocycles. The van der Waals surface area contributed by atoms with Crippen molar-refractivity contribution in [3.63, 3.8) is 0 Å². The van der Waals surface area contributed by atoms with E-state index in [1.54, 1.807) is 10.9 Å². The molecule has 1 aromatic rings. The zero-order valence-corrected chi connectivity index (χ0v) is 9.52. The predicted octanol–water partition coefficient (Wildman–Crippen LogP) is 0.668. The minimum absolute atomic E-state index is 0.140. The summed E-state index contributed by atoms with van der Waals surface area (Å²) in [4.78, 5) is 10.8. The van der Waals surface area contributed by atoms with Gasteiger partial charge in [0, 0.05) is 12.8 Å². The first-order valence-corrected chi connectivity index (χ1v) is 5.41. The topological polar surface area (TPSA) is 82.2 Å². The van der Waals surface area contributed by atoms with Crippen molar-refractivity contribution in [1.29, 1.82) is 0 Å². The van der Waals surface area contributed by atoms with Gasteiger partial charge in [-0.25, -0.2) is 0 Å². The zero-order chi connectivity index (χ0) is 11.8. The molecule has 6 heteroatoms.